The standard InChI is InChI=1S/C25H26F3N5O/c26-25(27,28)19-4-1-3-17(13-19)24(34)30-20-5-2-6-22(14-20)32-10-7-21(8-11-32)33-12-9-23-18(16-33)15-29-31-23/h1-6,13-15,21H,7-12,16H2,(H,29,31)(H,30,34). The zero-order valence-corrected chi connectivity index (χ0v) is 18.6. The maximum Gasteiger partial charge on any atom is 0.416 e. The van der Waals surface area contributed by atoms with Crippen molar-refractivity contribution in [3.05, 3.63) is 77.1 Å². The maximum absolute atomic E-state index is 13.0. The maximum atomic E-state index is 13.0. The minimum Gasteiger partial charge on any atom is -0.371 e. The number of hydrogen-bond acceptors (Lipinski definition) is 4. The first kappa shape index (κ1) is 22.5. The first-order chi connectivity index (χ1) is 16.4. The van der Waals surface area contributed by atoms with Crippen LogP contribution in [0.2, 0.25) is 0 Å². The van der Waals surface area contributed by atoms with Gasteiger partial charge in [-0.05, 0) is 49.2 Å². The molecule has 0 spiro atoms. The van der Waals surface area contributed by atoms with Crippen molar-refractivity contribution in [3.63, 3.8) is 0 Å². The SMILES string of the molecule is O=C(Nc1cccc(N2CCC(N3CCc4[nH]ncc4C3)CC2)c1)c1cccc(C(F)(F)F)c1. The molecule has 3 aromatic rings. The number of aromatic nitrogens is 2. The molecule has 2 N–H and O–H groups in total. The molecule has 0 saturated carbocycles. The van der Waals surface area contributed by atoms with Gasteiger partial charge in [0.25, 0.3) is 5.91 Å². The number of nitrogens with zero attached hydrogens (tertiary/aromatic N) is 3. The van der Waals surface area contributed by atoms with Gasteiger partial charge in [0.05, 0.1) is 11.8 Å². The Balaban J connectivity index is 1.20. The predicted octanol–water partition coefficient (Wildman–Crippen LogP) is 4.71. The number of H-pyrrole nitrogens is 1. The van der Waals surface area contributed by atoms with E-state index in [-0.39, 0.29) is 5.56 Å². The number of alkyl halides is 3. The van der Waals surface area contributed by atoms with Crippen LogP contribution in [0.1, 0.15) is 40.0 Å². The van der Waals surface area contributed by atoms with E-state index >= 15 is 0 Å². The van der Waals surface area contributed by atoms with Crippen molar-refractivity contribution in [2.45, 2.75) is 38.0 Å². The Labute approximate surface area is 195 Å². The summed E-state index contributed by atoms with van der Waals surface area (Å²) in [7, 11) is 0. The molecule has 1 fully saturated rings. The zero-order chi connectivity index (χ0) is 23.7. The van der Waals surface area contributed by atoms with Gasteiger partial charge in [-0.25, -0.2) is 0 Å². The Morgan fingerprint density at radius 2 is 1.85 bits per heavy atom. The van der Waals surface area contributed by atoms with Crippen molar-refractivity contribution in [1.29, 1.82) is 0 Å². The molecule has 0 bridgehead atoms. The van der Waals surface area contributed by atoms with Gasteiger partial charge in [0.15, 0.2) is 0 Å². The van der Waals surface area contributed by atoms with E-state index in [1.165, 1.54) is 23.4 Å². The van der Waals surface area contributed by atoms with Crippen molar-refractivity contribution in [2.75, 3.05) is 29.9 Å². The number of carbonyl (C=O) groups excluding carboxylic acids is 1. The number of fused-ring (bicyclic) bond motifs is 1. The molecular formula is C25H26F3N5O. The van der Waals surface area contributed by atoms with Gasteiger partial charge in [-0.1, -0.05) is 12.1 Å². The second-order valence-electron chi connectivity index (χ2n) is 8.90. The highest BCUT2D eigenvalue weighted by atomic mass is 19.4. The third-order valence-electron chi connectivity index (χ3n) is 6.73. The highest BCUT2D eigenvalue weighted by Crippen LogP contribution is 2.30. The van der Waals surface area contributed by atoms with E-state index in [1.54, 1.807) is 6.07 Å². The minimum absolute atomic E-state index is 0.0247. The molecule has 0 radical (unpaired) electrons. The minimum atomic E-state index is -4.49. The van der Waals surface area contributed by atoms with E-state index in [9.17, 15) is 18.0 Å². The Morgan fingerprint density at radius 1 is 1.06 bits per heavy atom. The van der Waals surface area contributed by atoms with Crippen LogP contribution in [0.3, 0.4) is 0 Å². The Morgan fingerprint density at radius 3 is 2.65 bits per heavy atom. The molecule has 0 atom stereocenters. The molecule has 2 aliphatic rings. The lowest BCUT2D eigenvalue weighted by atomic mass is 9.98. The van der Waals surface area contributed by atoms with E-state index < -0.39 is 17.6 Å². The molecule has 2 aromatic carbocycles. The van der Waals surface area contributed by atoms with Crippen LogP contribution in [0.5, 0.6) is 0 Å². The van der Waals surface area contributed by atoms with Gasteiger partial charge in [0, 0.05) is 66.8 Å². The number of hydrogen-bond donors (Lipinski definition) is 2. The molecule has 34 heavy (non-hydrogen) atoms. The first-order valence-electron chi connectivity index (χ1n) is 11.5. The van der Waals surface area contributed by atoms with Gasteiger partial charge >= 0.3 is 6.18 Å². The quantitative estimate of drug-likeness (QED) is 0.581. The van der Waals surface area contributed by atoms with Crippen molar-refractivity contribution in [2.24, 2.45) is 0 Å². The van der Waals surface area contributed by atoms with Crippen molar-refractivity contribution in [3.8, 4) is 0 Å². The number of carbonyl (C=O) groups is 1. The lowest BCUT2D eigenvalue weighted by Crippen LogP contribution is -2.46. The summed E-state index contributed by atoms with van der Waals surface area (Å²) in [6, 6.07) is 12.5. The van der Waals surface area contributed by atoms with Crippen LogP contribution in [0.4, 0.5) is 24.5 Å². The van der Waals surface area contributed by atoms with Gasteiger partial charge in [-0.2, -0.15) is 18.3 Å². The topological polar surface area (TPSA) is 64.3 Å². The molecule has 9 heteroatoms. The van der Waals surface area contributed by atoms with E-state index in [0.717, 1.165) is 63.3 Å². The number of piperidine rings is 1. The van der Waals surface area contributed by atoms with Crippen molar-refractivity contribution < 1.29 is 18.0 Å². The summed E-state index contributed by atoms with van der Waals surface area (Å²) >= 11 is 0. The zero-order valence-electron chi connectivity index (χ0n) is 18.6. The number of anilines is 2. The van der Waals surface area contributed by atoms with Crippen LogP contribution in [0.15, 0.2) is 54.7 Å². The van der Waals surface area contributed by atoms with Crippen LogP contribution >= 0.6 is 0 Å². The number of amides is 1. The second kappa shape index (κ2) is 9.13. The molecule has 3 heterocycles. The molecule has 178 valence electrons. The van der Waals surface area contributed by atoms with Crippen LogP contribution in [0.25, 0.3) is 0 Å². The average molecular weight is 470 g/mol. The summed E-state index contributed by atoms with van der Waals surface area (Å²) in [5, 5.41) is 9.98. The summed E-state index contributed by atoms with van der Waals surface area (Å²) in [5.74, 6) is -0.564. The molecule has 1 aromatic heterocycles. The fourth-order valence-corrected chi connectivity index (χ4v) is 4.87. The second-order valence-corrected chi connectivity index (χ2v) is 8.90. The van der Waals surface area contributed by atoms with Crippen LogP contribution < -0.4 is 10.2 Å². The summed E-state index contributed by atoms with van der Waals surface area (Å²) < 4.78 is 38.9. The highest BCUT2D eigenvalue weighted by Gasteiger charge is 2.31. The number of aromatic amines is 1. The van der Waals surface area contributed by atoms with Gasteiger partial charge < -0.3 is 10.2 Å². The average Bonchev–Trinajstić information content (AvgIpc) is 3.32. The Kier molecular flexibility index (Phi) is 6.03. The van der Waals surface area contributed by atoms with Crippen molar-refractivity contribution in [1.82, 2.24) is 15.1 Å². The summed E-state index contributed by atoms with van der Waals surface area (Å²) in [5.41, 5.74) is 3.23. The monoisotopic (exact) mass is 469 g/mol. The van der Waals surface area contributed by atoms with E-state index in [4.69, 9.17) is 0 Å². The first-order valence-corrected chi connectivity index (χ1v) is 11.5. The lowest BCUT2D eigenvalue weighted by molar-refractivity contribution is -0.137. The third-order valence-corrected chi connectivity index (χ3v) is 6.73. The van der Waals surface area contributed by atoms with Crippen LogP contribution in [0, 0.1) is 0 Å². The summed E-state index contributed by atoms with van der Waals surface area (Å²) in [6.07, 6.45) is 0.540. The van der Waals surface area contributed by atoms with Crippen molar-refractivity contribution >= 4 is 17.3 Å². The smallest absolute Gasteiger partial charge is 0.371 e. The molecule has 0 aliphatic carbocycles. The summed E-state index contributed by atoms with van der Waals surface area (Å²) in [6.45, 7) is 3.79. The Hall–Kier alpha value is -3.33. The Bertz CT molecular complexity index is 1170. The molecular weight excluding hydrogens is 443 g/mol. The van der Waals surface area contributed by atoms with Crippen LogP contribution in [-0.2, 0) is 19.1 Å². The molecule has 2 aliphatic heterocycles. The number of halogens is 3. The molecule has 1 amide bonds. The van der Waals surface area contributed by atoms with E-state index in [2.05, 4.69) is 25.3 Å². The van der Waals surface area contributed by atoms with Gasteiger partial charge in [0.2, 0.25) is 0 Å². The largest absolute Gasteiger partial charge is 0.416 e. The molecule has 0 unspecified atom stereocenters. The highest BCUT2D eigenvalue weighted by molar-refractivity contribution is 6.04. The number of rotatable bonds is 4. The van der Waals surface area contributed by atoms with E-state index in [0.29, 0.717) is 11.7 Å². The molecule has 6 nitrogen and oxygen atoms in total. The fourth-order valence-electron chi connectivity index (χ4n) is 4.87. The molecule has 1 saturated heterocycles. The predicted molar refractivity (Wildman–Crippen MR) is 124 cm³/mol. The lowest BCUT2D eigenvalue weighted by Gasteiger charge is -2.40. The number of nitrogens with one attached hydrogen (secondary N) is 2. The third kappa shape index (κ3) is 4.79. The fraction of sp³-hybridized carbons (Fsp3) is 0.360. The van der Waals surface area contributed by atoms with Gasteiger partial charge in [-0.3, -0.25) is 14.8 Å². The van der Waals surface area contributed by atoms with Gasteiger partial charge in [-0.15, -0.1) is 0 Å². The number of benzene rings is 2. The normalized spacial score (nSPS) is 17.4. The van der Waals surface area contributed by atoms with E-state index in [1.807, 2.05) is 24.4 Å². The summed E-state index contributed by atoms with van der Waals surface area (Å²) in [4.78, 5) is 17.4. The molecule has 5 rings (SSSR count). The van der Waals surface area contributed by atoms with Gasteiger partial charge in [0.1, 0.15) is 0 Å². The van der Waals surface area contributed by atoms with Crippen LogP contribution in [-0.4, -0.2) is 46.7 Å².